The summed E-state index contributed by atoms with van der Waals surface area (Å²) in [6.45, 7) is 1.78. The third-order valence-electron chi connectivity index (χ3n) is 1.66. The molecule has 80 valence electrons. The van der Waals surface area contributed by atoms with Crippen LogP contribution in [-0.4, -0.2) is 15.6 Å². The van der Waals surface area contributed by atoms with Crippen LogP contribution in [0, 0.1) is 20.2 Å². The molecular formula is C8H8N2O4S. The van der Waals surface area contributed by atoms with E-state index in [2.05, 4.69) is 0 Å². The van der Waals surface area contributed by atoms with Gasteiger partial charge in [-0.2, -0.15) is 0 Å². The molecule has 1 aromatic carbocycles. The Morgan fingerprint density at radius 2 is 1.67 bits per heavy atom. The van der Waals surface area contributed by atoms with Crippen molar-refractivity contribution in [3.63, 3.8) is 0 Å². The minimum Gasteiger partial charge on any atom is -0.258 e. The summed E-state index contributed by atoms with van der Waals surface area (Å²) in [6, 6.07) is 3.85. The van der Waals surface area contributed by atoms with Gasteiger partial charge in [-0.1, -0.05) is 6.92 Å². The van der Waals surface area contributed by atoms with Crippen LogP contribution in [-0.2, 0) is 0 Å². The first-order chi connectivity index (χ1) is 7.07. The number of rotatable bonds is 4. The molecule has 15 heavy (non-hydrogen) atoms. The van der Waals surface area contributed by atoms with Crippen molar-refractivity contribution in [3.8, 4) is 0 Å². The Bertz CT molecular complexity index is 375. The molecule has 0 bridgehead atoms. The molecule has 0 aliphatic heterocycles. The zero-order chi connectivity index (χ0) is 11.4. The van der Waals surface area contributed by atoms with Crippen LogP contribution >= 0.6 is 11.8 Å². The van der Waals surface area contributed by atoms with E-state index in [4.69, 9.17) is 0 Å². The molecule has 0 saturated heterocycles. The number of hydrogen-bond donors (Lipinski definition) is 0. The Morgan fingerprint density at radius 3 is 2.00 bits per heavy atom. The van der Waals surface area contributed by atoms with Crippen LogP contribution in [0.5, 0.6) is 0 Å². The lowest BCUT2D eigenvalue weighted by molar-refractivity contribution is -0.399. The molecule has 0 atom stereocenters. The van der Waals surface area contributed by atoms with E-state index >= 15 is 0 Å². The third-order valence-corrected chi connectivity index (χ3v) is 2.65. The van der Waals surface area contributed by atoms with Crippen molar-refractivity contribution in [2.75, 3.05) is 5.75 Å². The van der Waals surface area contributed by atoms with Gasteiger partial charge in [-0.05, 0) is 11.8 Å². The van der Waals surface area contributed by atoms with Crippen LogP contribution in [0.3, 0.4) is 0 Å². The predicted octanol–water partition coefficient (Wildman–Crippen LogP) is 2.62. The van der Waals surface area contributed by atoms with Crippen LogP contribution < -0.4 is 0 Å². The van der Waals surface area contributed by atoms with Crippen LogP contribution in [0.15, 0.2) is 23.1 Å². The van der Waals surface area contributed by atoms with E-state index in [0.29, 0.717) is 5.75 Å². The summed E-state index contributed by atoms with van der Waals surface area (Å²) in [4.78, 5) is 20.2. The Kier molecular flexibility index (Phi) is 3.62. The van der Waals surface area contributed by atoms with E-state index in [0.717, 1.165) is 11.8 Å². The molecule has 0 unspecified atom stereocenters. The zero-order valence-corrected chi connectivity index (χ0v) is 8.69. The Morgan fingerprint density at radius 1 is 1.20 bits per heavy atom. The van der Waals surface area contributed by atoms with Gasteiger partial charge in [0.05, 0.1) is 9.85 Å². The van der Waals surface area contributed by atoms with E-state index in [1.54, 1.807) is 6.92 Å². The Balaban J connectivity index is 3.34. The summed E-state index contributed by atoms with van der Waals surface area (Å²) in [5.41, 5.74) is -0.424. The highest BCUT2D eigenvalue weighted by atomic mass is 32.2. The molecule has 0 N–H and O–H groups in total. The van der Waals surface area contributed by atoms with Crippen LogP contribution in [0.2, 0.25) is 0 Å². The van der Waals surface area contributed by atoms with Gasteiger partial charge in [-0.3, -0.25) is 20.2 Å². The molecule has 0 saturated carbocycles. The standard InChI is InChI=1S/C8H8N2O4S/c1-2-15-8-6(9(11)12)4-3-5-7(8)10(13)14/h3-5H,2H2,1H3. The summed E-state index contributed by atoms with van der Waals surface area (Å²) in [7, 11) is 0. The highest BCUT2D eigenvalue weighted by Gasteiger charge is 2.24. The van der Waals surface area contributed by atoms with E-state index in [-0.39, 0.29) is 16.3 Å². The molecule has 1 rings (SSSR count). The third kappa shape index (κ3) is 2.44. The molecule has 0 fully saturated rings. The second kappa shape index (κ2) is 4.74. The van der Waals surface area contributed by atoms with E-state index < -0.39 is 9.85 Å². The summed E-state index contributed by atoms with van der Waals surface area (Å²) in [5, 5.41) is 21.3. The fraction of sp³-hybridized carbons (Fsp3) is 0.250. The first kappa shape index (κ1) is 11.4. The largest absolute Gasteiger partial charge is 0.289 e. The van der Waals surface area contributed by atoms with E-state index in [9.17, 15) is 20.2 Å². The monoisotopic (exact) mass is 228 g/mol. The maximum atomic E-state index is 10.6. The van der Waals surface area contributed by atoms with Gasteiger partial charge >= 0.3 is 0 Å². The van der Waals surface area contributed by atoms with Gasteiger partial charge in [0.15, 0.2) is 4.90 Å². The van der Waals surface area contributed by atoms with Crippen molar-refractivity contribution < 1.29 is 9.85 Å². The second-order valence-corrected chi connectivity index (χ2v) is 3.85. The average Bonchev–Trinajstić information content (AvgIpc) is 2.17. The number of hydrogen-bond acceptors (Lipinski definition) is 5. The fourth-order valence-corrected chi connectivity index (χ4v) is 1.96. The van der Waals surface area contributed by atoms with Crippen LogP contribution in [0.4, 0.5) is 11.4 Å². The SMILES string of the molecule is CCSc1c([N+](=O)[O-])cccc1[N+](=O)[O-]. The lowest BCUT2D eigenvalue weighted by Gasteiger charge is -2.01. The predicted molar refractivity (Wildman–Crippen MR) is 56.1 cm³/mol. The summed E-state index contributed by atoms with van der Waals surface area (Å²) in [5.74, 6) is 0.547. The molecule has 0 aromatic heterocycles. The van der Waals surface area contributed by atoms with Crippen molar-refractivity contribution in [1.82, 2.24) is 0 Å². The number of thioether (sulfide) groups is 1. The topological polar surface area (TPSA) is 86.3 Å². The van der Waals surface area contributed by atoms with Gasteiger partial charge in [0.1, 0.15) is 0 Å². The Hall–Kier alpha value is -1.63. The van der Waals surface area contributed by atoms with Crippen molar-refractivity contribution in [1.29, 1.82) is 0 Å². The molecule has 0 spiro atoms. The average molecular weight is 228 g/mol. The summed E-state index contributed by atoms with van der Waals surface area (Å²) >= 11 is 1.10. The molecule has 0 aliphatic rings. The number of benzene rings is 1. The molecule has 0 amide bonds. The van der Waals surface area contributed by atoms with Crippen LogP contribution in [0.1, 0.15) is 6.92 Å². The summed E-state index contributed by atoms with van der Waals surface area (Å²) < 4.78 is 0. The molecule has 0 radical (unpaired) electrons. The molecule has 0 heterocycles. The van der Waals surface area contributed by atoms with E-state index in [1.807, 2.05) is 0 Å². The highest BCUT2D eigenvalue weighted by molar-refractivity contribution is 7.99. The highest BCUT2D eigenvalue weighted by Crippen LogP contribution is 2.36. The zero-order valence-electron chi connectivity index (χ0n) is 7.87. The van der Waals surface area contributed by atoms with Crippen molar-refractivity contribution in [2.45, 2.75) is 11.8 Å². The van der Waals surface area contributed by atoms with Gasteiger partial charge < -0.3 is 0 Å². The van der Waals surface area contributed by atoms with Gasteiger partial charge in [0, 0.05) is 12.1 Å². The minimum absolute atomic E-state index is 0.120. The first-order valence-corrected chi connectivity index (χ1v) is 5.11. The van der Waals surface area contributed by atoms with Crippen molar-refractivity contribution >= 4 is 23.1 Å². The number of nitro groups is 2. The van der Waals surface area contributed by atoms with Crippen LogP contribution in [0.25, 0.3) is 0 Å². The maximum Gasteiger partial charge on any atom is 0.289 e. The smallest absolute Gasteiger partial charge is 0.258 e. The van der Waals surface area contributed by atoms with Crippen molar-refractivity contribution in [3.05, 3.63) is 38.4 Å². The van der Waals surface area contributed by atoms with Gasteiger partial charge in [0.25, 0.3) is 11.4 Å². The first-order valence-electron chi connectivity index (χ1n) is 4.12. The van der Waals surface area contributed by atoms with Gasteiger partial charge in [-0.15, -0.1) is 11.8 Å². The molecule has 1 aromatic rings. The van der Waals surface area contributed by atoms with E-state index in [1.165, 1.54) is 18.2 Å². The Labute approximate surface area is 89.6 Å². The lowest BCUT2D eigenvalue weighted by atomic mass is 10.3. The number of nitrogens with zero attached hydrogens (tertiary/aromatic N) is 2. The molecule has 0 aliphatic carbocycles. The molecular weight excluding hydrogens is 220 g/mol. The molecule has 6 nitrogen and oxygen atoms in total. The summed E-state index contributed by atoms with van der Waals surface area (Å²) in [6.07, 6.45) is 0. The molecule has 7 heteroatoms. The maximum absolute atomic E-state index is 10.6. The number of nitro benzene ring substituents is 2. The normalized spacial score (nSPS) is 9.93. The second-order valence-electron chi connectivity index (χ2n) is 2.57. The van der Waals surface area contributed by atoms with Crippen molar-refractivity contribution in [2.24, 2.45) is 0 Å². The lowest BCUT2D eigenvalue weighted by Crippen LogP contribution is -1.96. The van der Waals surface area contributed by atoms with Gasteiger partial charge in [0.2, 0.25) is 0 Å². The fourth-order valence-electron chi connectivity index (χ4n) is 1.09. The minimum atomic E-state index is -0.606. The quantitative estimate of drug-likeness (QED) is 0.449. The van der Waals surface area contributed by atoms with Gasteiger partial charge in [-0.25, -0.2) is 0 Å².